The second-order valence-corrected chi connectivity index (χ2v) is 6.41. The first kappa shape index (κ1) is 22.7. The third kappa shape index (κ3) is 7.43. The van der Waals surface area contributed by atoms with Crippen LogP contribution in [-0.4, -0.2) is 82.2 Å². The van der Waals surface area contributed by atoms with Crippen LogP contribution in [0.15, 0.2) is 4.99 Å². The maximum atomic E-state index is 12.4. The van der Waals surface area contributed by atoms with E-state index in [4.69, 9.17) is 9.47 Å². The Morgan fingerprint density at radius 3 is 2.60 bits per heavy atom. The molecule has 2 heterocycles. The Balaban J connectivity index is 0.00000312. The van der Waals surface area contributed by atoms with E-state index < -0.39 is 12.7 Å². The average Bonchev–Trinajstić information content (AvgIpc) is 2.97. The molecule has 0 saturated carbocycles. The van der Waals surface area contributed by atoms with Crippen molar-refractivity contribution in [1.82, 2.24) is 15.5 Å². The van der Waals surface area contributed by atoms with Gasteiger partial charge in [0.05, 0.1) is 12.1 Å². The molecule has 0 radical (unpaired) electrons. The van der Waals surface area contributed by atoms with Gasteiger partial charge in [-0.05, 0) is 6.42 Å². The number of nitrogens with zero attached hydrogens (tertiary/aromatic N) is 2. The van der Waals surface area contributed by atoms with Gasteiger partial charge in [-0.25, -0.2) is 0 Å². The number of halogens is 4. The lowest BCUT2D eigenvalue weighted by atomic mass is 9.94. The number of rotatable bonds is 5. The lowest BCUT2D eigenvalue weighted by molar-refractivity contribution is -0.143. The minimum atomic E-state index is -4.15. The number of aliphatic imine (C=N–C) groups is 1. The average molecular weight is 480 g/mol. The number of alkyl halides is 3. The van der Waals surface area contributed by atoms with Crippen molar-refractivity contribution in [3.05, 3.63) is 0 Å². The van der Waals surface area contributed by atoms with Crippen molar-refractivity contribution < 1.29 is 22.6 Å². The van der Waals surface area contributed by atoms with Crippen LogP contribution in [0.2, 0.25) is 0 Å². The molecule has 2 aliphatic heterocycles. The first-order valence-corrected chi connectivity index (χ1v) is 8.25. The minimum Gasteiger partial charge on any atom is -0.381 e. The lowest BCUT2D eigenvalue weighted by Crippen LogP contribution is -2.52. The number of hydrogen-bond acceptors (Lipinski definition) is 4. The van der Waals surface area contributed by atoms with Crippen molar-refractivity contribution >= 4 is 29.9 Å². The van der Waals surface area contributed by atoms with Crippen LogP contribution >= 0.6 is 24.0 Å². The standard InChI is InChI=1S/C15H27F3N4O2.HI/c1-19-13(20-10-14(23-2)4-7-24-8-5-14)21-12-3-6-22(9-12)11-15(16,17)18;/h12H,3-11H2,1-2H3,(H2,19,20,21);1H. The van der Waals surface area contributed by atoms with Crippen LogP contribution < -0.4 is 10.6 Å². The minimum absolute atomic E-state index is 0. The summed E-state index contributed by atoms with van der Waals surface area (Å²) in [5.74, 6) is 0.594. The Morgan fingerprint density at radius 2 is 2.04 bits per heavy atom. The molecule has 2 saturated heterocycles. The first-order chi connectivity index (χ1) is 11.4. The van der Waals surface area contributed by atoms with E-state index in [-0.39, 0.29) is 35.6 Å². The van der Waals surface area contributed by atoms with E-state index in [1.807, 2.05) is 0 Å². The summed E-state index contributed by atoms with van der Waals surface area (Å²) in [7, 11) is 3.34. The predicted octanol–water partition coefficient (Wildman–Crippen LogP) is 1.60. The maximum absolute atomic E-state index is 12.4. The molecule has 2 rings (SSSR count). The molecule has 0 aromatic rings. The van der Waals surface area contributed by atoms with Crippen LogP contribution in [0.25, 0.3) is 0 Å². The summed E-state index contributed by atoms with van der Waals surface area (Å²) >= 11 is 0. The molecular formula is C15H28F3IN4O2. The highest BCUT2D eigenvalue weighted by molar-refractivity contribution is 14.0. The van der Waals surface area contributed by atoms with Crippen molar-refractivity contribution in [3.63, 3.8) is 0 Å². The van der Waals surface area contributed by atoms with Crippen LogP contribution in [0.4, 0.5) is 13.2 Å². The van der Waals surface area contributed by atoms with Gasteiger partial charge in [0.15, 0.2) is 5.96 Å². The highest BCUT2D eigenvalue weighted by atomic mass is 127. The Labute approximate surface area is 163 Å². The summed E-state index contributed by atoms with van der Waals surface area (Å²) < 4.78 is 48.4. The summed E-state index contributed by atoms with van der Waals surface area (Å²) in [5, 5.41) is 6.44. The van der Waals surface area contributed by atoms with Gasteiger partial charge in [-0.2, -0.15) is 13.2 Å². The number of nitrogens with one attached hydrogen (secondary N) is 2. The van der Waals surface area contributed by atoms with E-state index in [0.717, 1.165) is 12.8 Å². The summed E-state index contributed by atoms with van der Waals surface area (Å²) in [6, 6.07) is -0.0354. The highest BCUT2D eigenvalue weighted by Gasteiger charge is 2.35. The van der Waals surface area contributed by atoms with E-state index in [0.29, 0.717) is 45.2 Å². The van der Waals surface area contributed by atoms with E-state index in [2.05, 4.69) is 15.6 Å². The number of methoxy groups -OCH3 is 1. The molecule has 148 valence electrons. The normalized spacial score (nSPS) is 24.7. The number of likely N-dealkylation sites (tertiary alicyclic amines) is 1. The molecule has 0 amide bonds. The quantitative estimate of drug-likeness (QED) is 0.356. The monoisotopic (exact) mass is 480 g/mol. The zero-order valence-corrected chi connectivity index (χ0v) is 17.0. The number of ether oxygens (including phenoxy) is 2. The molecule has 25 heavy (non-hydrogen) atoms. The Hall–Kier alpha value is -0.330. The van der Waals surface area contributed by atoms with Gasteiger partial charge < -0.3 is 20.1 Å². The molecule has 0 spiro atoms. The van der Waals surface area contributed by atoms with Crippen LogP contribution in [0.5, 0.6) is 0 Å². The van der Waals surface area contributed by atoms with Gasteiger partial charge >= 0.3 is 6.18 Å². The molecular weight excluding hydrogens is 452 g/mol. The maximum Gasteiger partial charge on any atom is 0.401 e. The highest BCUT2D eigenvalue weighted by Crippen LogP contribution is 2.23. The number of hydrogen-bond donors (Lipinski definition) is 2. The zero-order valence-electron chi connectivity index (χ0n) is 14.7. The van der Waals surface area contributed by atoms with Crippen molar-refractivity contribution in [2.24, 2.45) is 4.99 Å². The van der Waals surface area contributed by atoms with E-state index in [1.165, 1.54) is 4.90 Å². The largest absolute Gasteiger partial charge is 0.401 e. The fourth-order valence-electron chi connectivity index (χ4n) is 3.18. The summed E-state index contributed by atoms with van der Waals surface area (Å²) in [6.07, 6.45) is -1.88. The van der Waals surface area contributed by atoms with E-state index >= 15 is 0 Å². The predicted molar refractivity (Wildman–Crippen MR) is 101 cm³/mol. The van der Waals surface area contributed by atoms with Gasteiger partial charge in [0.2, 0.25) is 0 Å². The van der Waals surface area contributed by atoms with Crippen molar-refractivity contribution in [2.75, 3.05) is 53.6 Å². The molecule has 0 bridgehead atoms. The van der Waals surface area contributed by atoms with Gasteiger partial charge in [-0.15, -0.1) is 24.0 Å². The fraction of sp³-hybridized carbons (Fsp3) is 0.933. The van der Waals surface area contributed by atoms with Crippen molar-refractivity contribution in [1.29, 1.82) is 0 Å². The SMILES string of the molecule is CN=C(NCC1(OC)CCOCC1)NC1CCN(CC(F)(F)F)C1.I. The molecule has 0 aromatic carbocycles. The Morgan fingerprint density at radius 1 is 1.36 bits per heavy atom. The molecule has 1 atom stereocenters. The topological polar surface area (TPSA) is 58.1 Å². The van der Waals surface area contributed by atoms with Gasteiger partial charge in [-0.3, -0.25) is 9.89 Å². The van der Waals surface area contributed by atoms with Gasteiger partial charge in [0.1, 0.15) is 0 Å². The zero-order chi connectivity index (χ0) is 17.6. The van der Waals surface area contributed by atoms with Crippen molar-refractivity contribution in [2.45, 2.75) is 37.1 Å². The molecule has 1 unspecified atom stereocenters. The molecule has 2 fully saturated rings. The van der Waals surface area contributed by atoms with Gasteiger partial charge in [0.25, 0.3) is 0 Å². The summed E-state index contributed by atoms with van der Waals surface area (Å²) in [4.78, 5) is 5.58. The number of guanidine groups is 1. The van der Waals surface area contributed by atoms with Crippen LogP contribution in [0, 0.1) is 0 Å². The van der Waals surface area contributed by atoms with Gasteiger partial charge in [-0.1, -0.05) is 0 Å². The molecule has 2 aliphatic rings. The molecule has 0 aliphatic carbocycles. The second-order valence-electron chi connectivity index (χ2n) is 6.41. The smallest absolute Gasteiger partial charge is 0.381 e. The van der Waals surface area contributed by atoms with E-state index in [9.17, 15) is 13.2 Å². The van der Waals surface area contributed by atoms with Crippen molar-refractivity contribution in [3.8, 4) is 0 Å². The Kier molecular flexibility index (Phi) is 9.19. The molecule has 2 N–H and O–H groups in total. The summed E-state index contributed by atoms with van der Waals surface area (Å²) in [6.45, 7) is 1.86. The molecule has 10 heteroatoms. The van der Waals surface area contributed by atoms with Crippen LogP contribution in [0.3, 0.4) is 0 Å². The Bertz CT molecular complexity index is 431. The van der Waals surface area contributed by atoms with E-state index in [1.54, 1.807) is 14.2 Å². The molecule has 0 aromatic heterocycles. The fourth-order valence-corrected chi connectivity index (χ4v) is 3.18. The third-order valence-corrected chi connectivity index (χ3v) is 4.65. The molecule has 6 nitrogen and oxygen atoms in total. The summed E-state index contributed by atoms with van der Waals surface area (Å²) in [5.41, 5.74) is -0.284. The van der Waals surface area contributed by atoms with Crippen LogP contribution in [0.1, 0.15) is 19.3 Å². The first-order valence-electron chi connectivity index (χ1n) is 8.25. The second kappa shape index (κ2) is 10.1. The van der Waals surface area contributed by atoms with Crippen LogP contribution in [-0.2, 0) is 9.47 Å². The third-order valence-electron chi connectivity index (χ3n) is 4.65. The van der Waals surface area contributed by atoms with Gasteiger partial charge in [0, 0.05) is 65.9 Å². The lowest BCUT2D eigenvalue weighted by Gasteiger charge is -2.36.